The van der Waals surface area contributed by atoms with Crippen LogP contribution in [0.3, 0.4) is 0 Å². The number of nitrogens with zero attached hydrogens (tertiary/aromatic N) is 4. The highest BCUT2D eigenvalue weighted by Gasteiger charge is 2.51. The van der Waals surface area contributed by atoms with Crippen molar-refractivity contribution >= 4 is 29.6 Å². The van der Waals surface area contributed by atoms with Crippen LogP contribution in [-0.2, 0) is 15.7 Å². The Morgan fingerprint density at radius 2 is 1.35 bits per heavy atom. The van der Waals surface area contributed by atoms with Gasteiger partial charge in [-0.25, -0.2) is 4.98 Å². The van der Waals surface area contributed by atoms with Gasteiger partial charge in [-0.2, -0.15) is 9.97 Å². The maximum absolute atomic E-state index is 6.38. The van der Waals surface area contributed by atoms with E-state index in [9.17, 15) is 0 Å². The molecular weight excluding hydrogens is 495 g/mol. The predicted octanol–water partition coefficient (Wildman–Crippen LogP) is 6.41. The summed E-state index contributed by atoms with van der Waals surface area (Å²) in [6, 6.07) is 26.7. The van der Waals surface area contributed by atoms with E-state index in [-0.39, 0.29) is 0 Å². The fourth-order valence-corrected chi connectivity index (χ4v) is 5.49. The average molecular weight is 526 g/mol. The number of benzene rings is 3. The SMILES string of the molecule is CC1(C)OB(c2ccc3c(c2)c2c(n3-c3nc(-c4ccccc4)nc(-c4ccccc4)n3)CCC=C2)OC1(C)C. The summed E-state index contributed by atoms with van der Waals surface area (Å²) in [6.07, 6.45) is 6.34. The van der Waals surface area contributed by atoms with Crippen molar-refractivity contribution in [1.29, 1.82) is 0 Å². The molecule has 7 rings (SSSR count). The van der Waals surface area contributed by atoms with Gasteiger partial charge in [0.2, 0.25) is 5.95 Å². The van der Waals surface area contributed by atoms with Gasteiger partial charge in [0, 0.05) is 27.8 Å². The third kappa shape index (κ3) is 4.08. The first-order valence-corrected chi connectivity index (χ1v) is 13.9. The Kier molecular flexibility index (Phi) is 5.77. The molecule has 0 N–H and O–H groups in total. The van der Waals surface area contributed by atoms with E-state index in [1.165, 1.54) is 11.3 Å². The highest BCUT2D eigenvalue weighted by Crippen LogP contribution is 2.38. The lowest BCUT2D eigenvalue weighted by Crippen LogP contribution is -2.41. The van der Waals surface area contributed by atoms with Gasteiger partial charge in [0.15, 0.2) is 11.6 Å². The minimum absolute atomic E-state index is 0.398. The van der Waals surface area contributed by atoms with Gasteiger partial charge in [-0.3, -0.25) is 4.57 Å². The molecule has 0 radical (unpaired) electrons. The Hall–Kier alpha value is -4.07. The third-order valence-electron chi connectivity index (χ3n) is 8.38. The molecule has 0 amide bonds. The van der Waals surface area contributed by atoms with Crippen molar-refractivity contribution < 1.29 is 9.31 Å². The van der Waals surface area contributed by atoms with Crippen LogP contribution in [0, 0.1) is 0 Å². The number of hydrogen-bond donors (Lipinski definition) is 0. The molecule has 7 heteroatoms. The lowest BCUT2D eigenvalue weighted by atomic mass is 9.78. The number of hydrogen-bond acceptors (Lipinski definition) is 5. The summed E-state index contributed by atoms with van der Waals surface area (Å²) in [7, 11) is -0.424. The van der Waals surface area contributed by atoms with Crippen LogP contribution in [0.4, 0.5) is 0 Å². The standard InChI is InChI=1S/C33H31BN4O2/c1-32(2)33(3,4)40-34(39-32)24-19-20-28-26(21-24)25-17-11-12-18-27(25)38(28)31-36-29(22-13-7-5-8-14-22)35-30(37-31)23-15-9-6-10-16-23/h5-11,13-17,19-21H,12,18H2,1-4H3. The number of allylic oxidation sites excluding steroid dienone is 1. The molecule has 0 saturated carbocycles. The molecule has 1 aliphatic heterocycles. The van der Waals surface area contributed by atoms with Crippen LogP contribution in [0.25, 0.3) is 45.7 Å². The monoisotopic (exact) mass is 526 g/mol. The lowest BCUT2D eigenvalue weighted by molar-refractivity contribution is 0.00578. The van der Waals surface area contributed by atoms with E-state index < -0.39 is 18.3 Å². The Morgan fingerprint density at radius 3 is 1.95 bits per heavy atom. The molecule has 0 unspecified atom stereocenters. The van der Waals surface area contributed by atoms with E-state index in [0.717, 1.165) is 40.3 Å². The first kappa shape index (κ1) is 24.9. The first-order chi connectivity index (χ1) is 19.3. The summed E-state index contributed by atoms with van der Waals surface area (Å²) < 4.78 is 15.0. The molecule has 1 fully saturated rings. The van der Waals surface area contributed by atoms with Crippen LogP contribution >= 0.6 is 0 Å². The molecule has 0 atom stereocenters. The van der Waals surface area contributed by atoms with Crippen LogP contribution in [0.2, 0.25) is 0 Å². The molecule has 6 nitrogen and oxygen atoms in total. The number of rotatable bonds is 4. The summed E-state index contributed by atoms with van der Waals surface area (Å²) in [5.74, 6) is 1.93. The molecule has 198 valence electrons. The quantitative estimate of drug-likeness (QED) is 0.254. The van der Waals surface area contributed by atoms with Gasteiger partial charge >= 0.3 is 7.12 Å². The minimum atomic E-state index is -0.424. The van der Waals surface area contributed by atoms with Crippen molar-refractivity contribution in [3.05, 3.63) is 96.2 Å². The van der Waals surface area contributed by atoms with Crippen molar-refractivity contribution in [3.8, 4) is 28.7 Å². The normalized spacial score (nSPS) is 17.4. The van der Waals surface area contributed by atoms with Gasteiger partial charge in [-0.05, 0) is 52.1 Å². The predicted molar refractivity (Wildman–Crippen MR) is 161 cm³/mol. The zero-order valence-electron chi connectivity index (χ0n) is 23.3. The zero-order chi connectivity index (χ0) is 27.5. The van der Waals surface area contributed by atoms with Crippen LogP contribution < -0.4 is 5.46 Å². The largest absolute Gasteiger partial charge is 0.494 e. The molecule has 1 saturated heterocycles. The van der Waals surface area contributed by atoms with Gasteiger partial charge in [-0.15, -0.1) is 0 Å². The molecule has 1 aliphatic carbocycles. The van der Waals surface area contributed by atoms with E-state index in [2.05, 4.69) is 62.6 Å². The van der Waals surface area contributed by atoms with Crippen molar-refractivity contribution in [1.82, 2.24) is 19.5 Å². The van der Waals surface area contributed by atoms with Crippen LogP contribution in [0.5, 0.6) is 0 Å². The van der Waals surface area contributed by atoms with E-state index in [0.29, 0.717) is 17.6 Å². The Bertz CT molecular complexity index is 1690. The van der Waals surface area contributed by atoms with Crippen LogP contribution in [0.15, 0.2) is 84.9 Å². The van der Waals surface area contributed by atoms with Crippen LogP contribution in [0.1, 0.15) is 45.4 Å². The van der Waals surface area contributed by atoms with E-state index in [1.54, 1.807) is 0 Å². The summed E-state index contributed by atoms with van der Waals surface area (Å²) in [5.41, 5.74) is 5.58. The molecule has 40 heavy (non-hydrogen) atoms. The second kappa shape index (κ2) is 9.25. The van der Waals surface area contributed by atoms with Gasteiger partial charge in [0.05, 0.1) is 16.7 Å². The summed E-state index contributed by atoms with van der Waals surface area (Å²) in [6.45, 7) is 8.34. The van der Waals surface area contributed by atoms with Gasteiger partial charge < -0.3 is 9.31 Å². The Balaban J connectivity index is 1.43. The minimum Gasteiger partial charge on any atom is -0.399 e. The molecule has 2 aliphatic rings. The summed E-state index contributed by atoms with van der Waals surface area (Å²) in [4.78, 5) is 15.0. The highest BCUT2D eigenvalue weighted by molar-refractivity contribution is 6.62. The highest BCUT2D eigenvalue weighted by atomic mass is 16.7. The number of fused-ring (bicyclic) bond motifs is 3. The Morgan fingerprint density at radius 1 is 0.750 bits per heavy atom. The van der Waals surface area contributed by atoms with Crippen molar-refractivity contribution in [3.63, 3.8) is 0 Å². The first-order valence-electron chi connectivity index (χ1n) is 13.9. The fraction of sp³-hybridized carbons (Fsp3) is 0.242. The van der Waals surface area contributed by atoms with Gasteiger partial charge in [0.1, 0.15) is 0 Å². The molecule has 0 spiro atoms. The van der Waals surface area contributed by atoms with Crippen LogP contribution in [-0.4, -0.2) is 37.8 Å². The topological polar surface area (TPSA) is 62.1 Å². The van der Waals surface area contributed by atoms with Gasteiger partial charge in [0.25, 0.3) is 0 Å². The third-order valence-corrected chi connectivity index (χ3v) is 8.38. The molecule has 2 aromatic heterocycles. The van der Waals surface area contributed by atoms with E-state index in [4.69, 9.17) is 24.3 Å². The second-order valence-electron chi connectivity index (χ2n) is 11.5. The average Bonchev–Trinajstić information content (AvgIpc) is 3.42. The maximum Gasteiger partial charge on any atom is 0.494 e. The van der Waals surface area contributed by atoms with Crippen molar-refractivity contribution in [2.45, 2.75) is 51.7 Å². The Labute approximate surface area is 234 Å². The summed E-state index contributed by atoms with van der Waals surface area (Å²) in [5, 5.41) is 1.14. The van der Waals surface area contributed by atoms with Crippen molar-refractivity contribution in [2.24, 2.45) is 0 Å². The van der Waals surface area contributed by atoms with E-state index in [1.807, 2.05) is 60.7 Å². The fourth-order valence-electron chi connectivity index (χ4n) is 5.49. The molecule has 0 bridgehead atoms. The molecular formula is C33H31BN4O2. The van der Waals surface area contributed by atoms with E-state index >= 15 is 0 Å². The maximum atomic E-state index is 6.38. The molecule has 3 aromatic carbocycles. The summed E-state index contributed by atoms with van der Waals surface area (Å²) >= 11 is 0. The van der Waals surface area contributed by atoms with Crippen molar-refractivity contribution in [2.75, 3.05) is 0 Å². The molecule has 3 heterocycles. The molecule has 5 aromatic rings. The zero-order valence-corrected chi connectivity index (χ0v) is 23.3. The smallest absolute Gasteiger partial charge is 0.399 e. The number of aromatic nitrogens is 4. The second-order valence-corrected chi connectivity index (χ2v) is 11.5. The lowest BCUT2D eigenvalue weighted by Gasteiger charge is -2.32. The van der Waals surface area contributed by atoms with Gasteiger partial charge in [-0.1, -0.05) is 84.9 Å².